The zero-order valence-electron chi connectivity index (χ0n) is 16.7. The zero-order valence-corrected chi connectivity index (χ0v) is 17.5. The summed E-state index contributed by atoms with van der Waals surface area (Å²) in [5.41, 5.74) is 0.454. The molecule has 1 saturated heterocycles. The van der Waals surface area contributed by atoms with Crippen LogP contribution in [0.3, 0.4) is 0 Å². The predicted octanol–water partition coefficient (Wildman–Crippen LogP) is 3.52. The maximum Gasteiger partial charge on any atom is 0.289 e. The zero-order chi connectivity index (χ0) is 19.3. The van der Waals surface area contributed by atoms with Gasteiger partial charge in [-0.15, -0.1) is 0 Å². The molecule has 6 rings (SSSR count). The van der Waals surface area contributed by atoms with Crippen molar-refractivity contribution in [3.05, 3.63) is 24.2 Å². The number of furan rings is 1. The minimum atomic E-state index is -0.0227. The highest BCUT2D eigenvalue weighted by Crippen LogP contribution is 2.61. The van der Waals surface area contributed by atoms with Gasteiger partial charge in [-0.1, -0.05) is 0 Å². The summed E-state index contributed by atoms with van der Waals surface area (Å²) in [6.45, 7) is 5.30. The Morgan fingerprint density at radius 3 is 2.21 bits per heavy atom. The molecule has 1 aromatic rings. The van der Waals surface area contributed by atoms with Gasteiger partial charge < -0.3 is 19.5 Å². The molecule has 1 atom stereocenters. The van der Waals surface area contributed by atoms with Gasteiger partial charge in [-0.05, 0) is 93.0 Å². The number of amides is 1. The van der Waals surface area contributed by atoms with Crippen LogP contribution in [0.5, 0.6) is 0 Å². The fraction of sp³-hybridized carbons (Fsp3) is 0.727. The monoisotopic (exact) mass is 401 g/mol. The Bertz CT molecular complexity index is 704. The number of carbonyl (C=O) groups is 1. The normalized spacial score (nSPS) is 35.1. The van der Waals surface area contributed by atoms with E-state index >= 15 is 0 Å². The van der Waals surface area contributed by atoms with Crippen LogP contribution in [0, 0.1) is 23.2 Å². The Morgan fingerprint density at radius 1 is 1.11 bits per heavy atom. The number of carbonyl (C=O) groups excluding carboxylic acids is 1. The van der Waals surface area contributed by atoms with Crippen LogP contribution in [-0.2, 0) is 0 Å². The molecule has 0 spiro atoms. The Balaban J connectivity index is 1.16. The van der Waals surface area contributed by atoms with Crippen molar-refractivity contribution in [3.63, 3.8) is 0 Å². The first-order valence-electron chi connectivity index (χ1n) is 10.9. The topological polar surface area (TPSA) is 48.7 Å². The molecule has 152 valence electrons. The Labute approximate surface area is 172 Å². The molecule has 1 N–H and O–H groups in total. The minimum Gasteiger partial charge on any atom is -0.459 e. The molecule has 5 fully saturated rings. The number of thiocarbonyl (C=S) groups is 1. The van der Waals surface area contributed by atoms with Crippen molar-refractivity contribution in [3.8, 4) is 0 Å². The molecule has 1 aliphatic heterocycles. The van der Waals surface area contributed by atoms with E-state index in [1.807, 2.05) is 4.90 Å². The quantitative estimate of drug-likeness (QED) is 0.786. The molecule has 1 amide bonds. The molecule has 4 aliphatic carbocycles. The number of nitrogens with zero attached hydrogens (tertiary/aromatic N) is 2. The summed E-state index contributed by atoms with van der Waals surface area (Å²) < 4.78 is 5.25. The Kier molecular flexibility index (Phi) is 4.65. The number of hydrogen-bond donors (Lipinski definition) is 1. The van der Waals surface area contributed by atoms with E-state index in [1.54, 1.807) is 18.4 Å². The third kappa shape index (κ3) is 3.23. The average Bonchev–Trinajstić information content (AvgIpc) is 3.21. The maximum absolute atomic E-state index is 12.4. The molecule has 6 heteroatoms. The van der Waals surface area contributed by atoms with E-state index in [2.05, 4.69) is 17.1 Å². The van der Waals surface area contributed by atoms with Crippen molar-refractivity contribution in [2.45, 2.75) is 51.5 Å². The second-order valence-corrected chi connectivity index (χ2v) is 10.1. The van der Waals surface area contributed by atoms with Gasteiger partial charge in [-0.3, -0.25) is 4.79 Å². The smallest absolute Gasteiger partial charge is 0.289 e. The lowest BCUT2D eigenvalue weighted by Crippen LogP contribution is -2.59. The highest BCUT2D eigenvalue weighted by molar-refractivity contribution is 7.80. The molecule has 4 bridgehead atoms. The lowest BCUT2D eigenvalue weighted by Gasteiger charge is -2.59. The van der Waals surface area contributed by atoms with Crippen molar-refractivity contribution in [2.24, 2.45) is 23.2 Å². The van der Waals surface area contributed by atoms with E-state index in [4.69, 9.17) is 16.6 Å². The molecule has 28 heavy (non-hydrogen) atoms. The molecule has 4 saturated carbocycles. The van der Waals surface area contributed by atoms with Crippen molar-refractivity contribution in [2.75, 3.05) is 26.2 Å². The van der Waals surface area contributed by atoms with E-state index in [0.29, 0.717) is 30.3 Å². The molecule has 0 radical (unpaired) electrons. The molecule has 0 aromatic carbocycles. The van der Waals surface area contributed by atoms with Gasteiger partial charge in [0, 0.05) is 32.2 Å². The summed E-state index contributed by atoms with van der Waals surface area (Å²) in [5, 5.41) is 4.58. The highest BCUT2D eigenvalue weighted by Gasteiger charge is 2.53. The van der Waals surface area contributed by atoms with Crippen LogP contribution in [0.25, 0.3) is 0 Å². The molecule has 5 aliphatic rings. The molecule has 0 unspecified atom stereocenters. The number of rotatable bonds is 3. The van der Waals surface area contributed by atoms with E-state index in [-0.39, 0.29) is 5.91 Å². The van der Waals surface area contributed by atoms with Crippen molar-refractivity contribution < 1.29 is 9.21 Å². The first kappa shape index (κ1) is 18.5. The lowest BCUT2D eigenvalue weighted by atomic mass is 9.48. The van der Waals surface area contributed by atoms with Gasteiger partial charge in [-0.2, -0.15) is 0 Å². The van der Waals surface area contributed by atoms with Gasteiger partial charge in [-0.25, -0.2) is 0 Å². The van der Waals surface area contributed by atoms with E-state index in [9.17, 15) is 4.79 Å². The Morgan fingerprint density at radius 2 is 1.68 bits per heavy atom. The van der Waals surface area contributed by atoms with Crippen molar-refractivity contribution >= 4 is 23.2 Å². The molecule has 1 aromatic heterocycles. The van der Waals surface area contributed by atoms with Crippen molar-refractivity contribution in [1.29, 1.82) is 0 Å². The van der Waals surface area contributed by atoms with Crippen LogP contribution in [0.4, 0.5) is 0 Å². The van der Waals surface area contributed by atoms with E-state index < -0.39 is 0 Å². The number of hydrogen-bond acceptors (Lipinski definition) is 3. The number of nitrogens with one attached hydrogen (secondary N) is 1. The first-order valence-corrected chi connectivity index (χ1v) is 11.3. The average molecular weight is 402 g/mol. The SMILES string of the molecule is C[C@H](NC(=S)N1CCN(C(=O)c2ccco2)CC1)C12CC3CC(CC(C3)C1)C2. The lowest BCUT2D eigenvalue weighted by molar-refractivity contribution is -0.0676. The van der Waals surface area contributed by atoms with Crippen molar-refractivity contribution in [1.82, 2.24) is 15.1 Å². The third-order valence-electron chi connectivity index (χ3n) is 7.93. The molecular weight excluding hydrogens is 370 g/mol. The highest BCUT2D eigenvalue weighted by atomic mass is 32.1. The molecule has 5 nitrogen and oxygen atoms in total. The summed E-state index contributed by atoms with van der Waals surface area (Å²) in [6.07, 6.45) is 10.1. The fourth-order valence-corrected chi connectivity index (χ4v) is 7.17. The fourth-order valence-electron chi connectivity index (χ4n) is 6.81. The molecular formula is C22H31N3O2S. The first-order chi connectivity index (χ1) is 13.5. The standard InChI is InChI=1S/C22H31N3O2S/c1-15(22-12-16-9-17(13-22)11-18(10-16)14-22)23-21(28)25-6-4-24(5-7-25)20(26)19-3-2-8-27-19/h2-3,8,15-18H,4-7,9-14H2,1H3,(H,23,28)/t15-,16?,17?,18?,22?/m0/s1. The third-order valence-corrected chi connectivity index (χ3v) is 8.31. The van der Waals surface area contributed by atoms with E-state index in [1.165, 1.54) is 38.5 Å². The van der Waals surface area contributed by atoms with Crippen LogP contribution >= 0.6 is 12.2 Å². The largest absolute Gasteiger partial charge is 0.459 e. The van der Waals surface area contributed by atoms with Crippen LogP contribution in [0.2, 0.25) is 0 Å². The van der Waals surface area contributed by atoms with Gasteiger partial charge in [0.15, 0.2) is 10.9 Å². The maximum atomic E-state index is 12.4. The predicted molar refractivity (Wildman–Crippen MR) is 112 cm³/mol. The van der Waals surface area contributed by atoms with Crippen LogP contribution < -0.4 is 5.32 Å². The summed E-state index contributed by atoms with van der Waals surface area (Å²) in [4.78, 5) is 16.5. The van der Waals surface area contributed by atoms with Gasteiger partial charge in [0.05, 0.1) is 6.26 Å². The van der Waals surface area contributed by atoms with Gasteiger partial charge in [0.1, 0.15) is 0 Å². The van der Waals surface area contributed by atoms with Crippen LogP contribution in [0.15, 0.2) is 22.8 Å². The number of piperazine rings is 1. The second kappa shape index (κ2) is 7.05. The summed E-state index contributed by atoms with van der Waals surface area (Å²) in [7, 11) is 0. The molecule has 2 heterocycles. The summed E-state index contributed by atoms with van der Waals surface area (Å²) in [6, 6.07) is 3.93. The minimum absolute atomic E-state index is 0.0227. The second-order valence-electron chi connectivity index (χ2n) is 9.71. The summed E-state index contributed by atoms with van der Waals surface area (Å²) >= 11 is 5.78. The Hall–Kier alpha value is -1.56. The van der Waals surface area contributed by atoms with E-state index in [0.717, 1.165) is 36.0 Å². The van der Waals surface area contributed by atoms with Gasteiger partial charge in [0.2, 0.25) is 0 Å². The van der Waals surface area contributed by atoms with Gasteiger partial charge >= 0.3 is 0 Å². The van der Waals surface area contributed by atoms with Gasteiger partial charge in [0.25, 0.3) is 5.91 Å². The van der Waals surface area contributed by atoms with Crippen LogP contribution in [-0.4, -0.2) is 53.0 Å². The van der Waals surface area contributed by atoms with Crippen LogP contribution in [0.1, 0.15) is 56.0 Å². The summed E-state index contributed by atoms with van der Waals surface area (Å²) in [5.74, 6) is 3.27.